The molecular weight excluding hydrogens is 182 g/mol. The molecule has 1 N–H and O–H groups in total. The summed E-state index contributed by atoms with van der Waals surface area (Å²) in [5.41, 5.74) is 2.81. The Morgan fingerprint density at radius 1 is 1.46 bits per heavy atom. The van der Waals surface area contributed by atoms with Crippen LogP contribution >= 0.6 is 11.6 Å². The molecule has 0 spiro atoms. The summed E-state index contributed by atoms with van der Waals surface area (Å²) in [6.45, 7) is 3.21. The Labute approximate surface area is 84.1 Å². The zero-order valence-corrected chi connectivity index (χ0v) is 8.56. The van der Waals surface area contributed by atoms with Gasteiger partial charge >= 0.3 is 0 Å². The fourth-order valence-corrected chi connectivity index (χ4v) is 2.03. The summed E-state index contributed by atoms with van der Waals surface area (Å²) >= 11 is 5.95. The molecule has 1 aromatic rings. The van der Waals surface area contributed by atoms with Crippen LogP contribution < -0.4 is 5.32 Å². The highest BCUT2D eigenvalue weighted by molar-refractivity contribution is 6.30. The van der Waals surface area contributed by atoms with Gasteiger partial charge in [0.1, 0.15) is 0 Å². The molecule has 0 aliphatic carbocycles. The summed E-state index contributed by atoms with van der Waals surface area (Å²) in [7, 11) is 0. The van der Waals surface area contributed by atoms with E-state index in [0.29, 0.717) is 6.04 Å². The minimum Gasteiger partial charge on any atom is -0.310 e. The lowest BCUT2D eigenvalue weighted by molar-refractivity contribution is 0.468. The van der Waals surface area contributed by atoms with Crippen LogP contribution in [-0.2, 0) is 13.0 Å². The second-order valence-corrected chi connectivity index (χ2v) is 4.04. The van der Waals surface area contributed by atoms with Crippen LogP contribution in [0, 0.1) is 0 Å². The summed E-state index contributed by atoms with van der Waals surface area (Å²) in [6.07, 6.45) is 2.30. The topological polar surface area (TPSA) is 12.0 Å². The lowest BCUT2D eigenvalue weighted by Crippen LogP contribution is -2.34. The molecule has 1 aromatic carbocycles. The van der Waals surface area contributed by atoms with Gasteiger partial charge in [-0.05, 0) is 36.1 Å². The number of hydrogen-bond donors (Lipinski definition) is 1. The molecule has 0 fully saturated rings. The smallest absolute Gasteiger partial charge is 0.0408 e. The van der Waals surface area contributed by atoms with Crippen molar-refractivity contribution in [3.8, 4) is 0 Å². The Hall–Kier alpha value is -0.530. The summed E-state index contributed by atoms with van der Waals surface area (Å²) < 4.78 is 0. The number of nitrogens with one attached hydrogen (secondary N) is 1. The van der Waals surface area contributed by atoms with E-state index in [0.717, 1.165) is 18.0 Å². The molecular formula is C11H14ClN. The first-order valence-corrected chi connectivity index (χ1v) is 5.18. The molecule has 0 saturated heterocycles. The molecule has 1 aliphatic rings. The van der Waals surface area contributed by atoms with Gasteiger partial charge in [0.05, 0.1) is 0 Å². The molecule has 70 valence electrons. The third kappa shape index (κ3) is 1.87. The van der Waals surface area contributed by atoms with Gasteiger partial charge in [-0.25, -0.2) is 0 Å². The summed E-state index contributed by atoms with van der Waals surface area (Å²) in [6, 6.07) is 6.82. The van der Waals surface area contributed by atoms with Crippen LogP contribution in [0.15, 0.2) is 18.2 Å². The van der Waals surface area contributed by atoms with E-state index < -0.39 is 0 Å². The number of halogens is 1. The van der Waals surface area contributed by atoms with Crippen molar-refractivity contribution in [3.05, 3.63) is 34.3 Å². The first kappa shape index (κ1) is 9.04. The van der Waals surface area contributed by atoms with Crippen LogP contribution in [0.2, 0.25) is 5.02 Å². The van der Waals surface area contributed by atoms with Crippen molar-refractivity contribution in [2.45, 2.75) is 32.4 Å². The largest absolute Gasteiger partial charge is 0.310 e. The molecule has 1 unspecified atom stereocenters. The summed E-state index contributed by atoms with van der Waals surface area (Å²) in [5, 5.41) is 4.36. The summed E-state index contributed by atoms with van der Waals surface area (Å²) in [4.78, 5) is 0. The van der Waals surface area contributed by atoms with Crippen LogP contribution in [0.4, 0.5) is 0 Å². The van der Waals surface area contributed by atoms with E-state index in [1.807, 2.05) is 6.07 Å². The average molecular weight is 196 g/mol. The average Bonchev–Trinajstić information content (AvgIpc) is 2.16. The van der Waals surface area contributed by atoms with Crippen LogP contribution in [0.25, 0.3) is 0 Å². The molecule has 1 nitrogen and oxygen atoms in total. The number of benzene rings is 1. The van der Waals surface area contributed by atoms with E-state index in [9.17, 15) is 0 Å². The molecule has 0 radical (unpaired) electrons. The van der Waals surface area contributed by atoms with Crippen molar-refractivity contribution in [1.82, 2.24) is 5.32 Å². The monoisotopic (exact) mass is 195 g/mol. The molecule has 0 aromatic heterocycles. The maximum atomic E-state index is 5.95. The Balaban J connectivity index is 2.27. The molecule has 2 rings (SSSR count). The predicted octanol–water partition coefficient (Wildman–Crippen LogP) is 2.76. The molecule has 1 heterocycles. The molecule has 0 amide bonds. The predicted molar refractivity (Wildman–Crippen MR) is 56.1 cm³/mol. The van der Waals surface area contributed by atoms with Crippen LogP contribution in [0.1, 0.15) is 24.5 Å². The molecule has 13 heavy (non-hydrogen) atoms. The Kier molecular flexibility index (Phi) is 2.56. The molecule has 1 atom stereocenters. The molecule has 2 heteroatoms. The number of hydrogen-bond acceptors (Lipinski definition) is 1. The van der Waals surface area contributed by atoms with Crippen molar-refractivity contribution < 1.29 is 0 Å². The van der Waals surface area contributed by atoms with Crippen molar-refractivity contribution in [1.29, 1.82) is 0 Å². The minimum atomic E-state index is 0.631. The van der Waals surface area contributed by atoms with Gasteiger partial charge in [0, 0.05) is 17.6 Å². The number of rotatable bonds is 1. The fourth-order valence-electron chi connectivity index (χ4n) is 1.84. The zero-order chi connectivity index (χ0) is 9.26. The van der Waals surface area contributed by atoms with Crippen LogP contribution in [-0.4, -0.2) is 6.04 Å². The van der Waals surface area contributed by atoms with Gasteiger partial charge in [-0.15, -0.1) is 0 Å². The van der Waals surface area contributed by atoms with Gasteiger partial charge in [-0.3, -0.25) is 0 Å². The highest BCUT2D eigenvalue weighted by Crippen LogP contribution is 2.21. The Morgan fingerprint density at radius 2 is 2.31 bits per heavy atom. The standard InChI is InChI=1S/C11H14ClN/c1-2-11-6-9-5-10(12)4-3-8(9)7-13-11/h3-5,11,13H,2,6-7H2,1H3. The quantitative estimate of drug-likeness (QED) is 0.727. The van der Waals surface area contributed by atoms with Gasteiger partial charge in [0.25, 0.3) is 0 Å². The third-order valence-corrected chi connectivity index (χ3v) is 2.94. The van der Waals surface area contributed by atoms with Crippen molar-refractivity contribution in [2.24, 2.45) is 0 Å². The molecule has 1 aliphatic heterocycles. The highest BCUT2D eigenvalue weighted by atomic mass is 35.5. The van der Waals surface area contributed by atoms with Crippen LogP contribution in [0.5, 0.6) is 0 Å². The normalized spacial score (nSPS) is 21.2. The van der Waals surface area contributed by atoms with Crippen molar-refractivity contribution in [2.75, 3.05) is 0 Å². The zero-order valence-electron chi connectivity index (χ0n) is 7.81. The fraction of sp³-hybridized carbons (Fsp3) is 0.455. The lowest BCUT2D eigenvalue weighted by Gasteiger charge is -2.25. The van der Waals surface area contributed by atoms with E-state index in [1.165, 1.54) is 17.5 Å². The van der Waals surface area contributed by atoms with Crippen LogP contribution in [0.3, 0.4) is 0 Å². The Bertz CT molecular complexity index is 309. The second kappa shape index (κ2) is 3.69. The van der Waals surface area contributed by atoms with Gasteiger partial charge in [-0.2, -0.15) is 0 Å². The Morgan fingerprint density at radius 3 is 3.08 bits per heavy atom. The third-order valence-electron chi connectivity index (χ3n) is 2.71. The number of fused-ring (bicyclic) bond motifs is 1. The van der Waals surface area contributed by atoms with E-state index in [1.54, 1.807) is 0 Å². The van der Waals surface area contributed by atoms with Gasteiger partial charge in [0.2, 0.25) is 0 Å². The first-order valence-electron chi connectivity index (χ1n) is 4.80. The molecule has 0 saturated carbocycles. The SMILES string of the molecule is CCC1Cc2cc(Cl)ccc2CN1. The first-order chi connectivity index (χ1) is 6.29. The second-order valence-electron chi connectivity index (χ2n) is 3.60. The van der Waals surface area contributed by atoms with Crippen molar-refractivity contribution >= 4 is 11.6 Å². The van der Waals surface area contributed by atoms with E-state index >= 15 is 0 Å². The van der Waals surface area contributed by atoms with Gasteiger partial charge in [0.15, 0.2) is 0 Å². The highest BCUT2D eigenvalue weighted by Gasteiger charge is 2.15. The van der Waals surface area contributed by atoms with Gasteiger partial charge < -0.3 is 5.32 Å². The summed E-state index contributed by atoms with van der Waals surface area (Å²) in [5.74, 6) is 0. The minimum absolute atomic E-state index is 0.631. The lowest BCUT2D eigenvalue weighted by atomic mass is 9.95. The van der Waals surface area contributed by atoms with E-state index in [4.69, 9.17) is 11.6 Å². The van der Waals surface area contributed by atoms with E-state index in [-0.39, 0.29) is 0 Å². The maximum Gasteiger partial charge on any atom is 0.0408 e. The van der Waals surface area contributed by atoms with Crippen molar-refractivity contribution in [3.63, 3.8) is 0 Å². The van der Waals surface area contributed by atoms with E-state index in [2.05, 4.69) is 24.4 Å². The maximum absolute atomic E-state index is 5.95. The molecule has 0 bridgehead atoms. The van der Waals surface area contributed by atoms with Gasteiger partial charge in [-0.1, -0.05) is 24.6 Å².